The number of hydrogen-bond acceptors (Lipinski definition) is 4. The van der Waals surface area contributed by atoms with Crippen LogP contribution in [0.15, 0.2) is 24.3 Å². The van der Waals surface area contributed by atoms with Gasteiger partial charge in [0, 0.05) is 18.5 Å². The van der Waals surface area contributed by atoms with Gasteiger partial charge in [0.25, 0.3) is 0 Å². The van der Waals surface area contributed by atoms with Gasteiger partial charge in [0.15, 0.2) is 0 Å². The lowest BCUT2D eigenvalue weighted by Gasteiger charge is -2.27. The number of nitrogens with zero attached hydrogens (tertiary/aromatic N) is 2. The van der Waals surface area contributed by atoms with Gasteiger partial charge < -0.3 is 19.5 Å². The Balaban J connectivity index is 2.05. The smallest absolute Gasteiger partial charge is 0.366 e. The number of morpholine rings is 1. The number of anilines is 1. The summed E-state index contributed by atoms with van der Waals surface area (Å²) in [6.45, 7) is 3.07. The van der Waals surface area contributed by atoms with Gasteiger partial charge in [-0.25, -0.2) is 0 Å². The summed E-state index contributed by atoms with van der Waals surface area (Å²) in [6, 6.07) is 7.70. The fourth-order valence-corrected chi connectivity index (χ4v) is 2.30. The highest BCUT2D eigenvalue weighted by atomic mass is 16.5. The SMILES string of the molecule is COc1ccc2c([OH2+])nc(N3CCOCC3)cc2c1. The number of benzene rings is 1. The van der Waals surface area contributed by atoms with E-state index >= 15 is 0 Å². The van der Waals surface area contributed by atoms with Crippen molar-refractivity contribution in [3.63, 3.8) is 0 Å². The van der Waals surface area contributed by atoms with Crippen LogP contribution in [0.2, 0.25) is 0 Å². The Labute approximate surface area is 111 Å². The van der Waals surface area contributed by atoms with E-state index in [1.54, 1.807) is 7.11 Å². The molecule has 100 valence electrons. The Morgan fingerprint density at radius 2 is 2.05 bits per heavy atom. The highest BCUT2D eigenvalue weighted by molar-refractivity contribution is 5.90. The molecule has 0 spiro atoms. The molecule has 5 heteroatoms. The zero-order valence-corrected chi connectivity index (χ0v) is 10.8. The highest BCUT2D eigenvalue weighted by Crippen LogP contribution is 2.30. The minimum atomic E-state index is 0.307. The van der Waals surface area contributed by atoms with Gasteiger partial charge in [-0.3, -0.25) is 0 Å². The number of pyridine rings is 1. The Morgan fingerprint density at radius 1 is 1.26 bits per heavy atom. The maximum absolute atomic E-state index is 8.04. The molecule has 1 aliphatic rings. The normalized spacial score (nSPS) is 15.7. The van der Waals surface area contributed by atoms with Crippen LogP contribution in [0.5, 0.6) is 11.6 Å². The standard InChI is InChI=1S/C14H16N2O3/c1-18-11-2-3-12-10(8-11)9-13(15-14(12)17)16-4-6-19-7-5-16/h2-3,8-9H,4-7H2,1H3,(H,15,17)/p+1. The van der Waals surface area contributed by atoms with Gasteiger partial charge in [0.05, 0.1) is 20.3 Å². The molecule has 1 saturated heterocycles. The topological polar surface area (TPSA) is 57.5 Å². The first-order valence-corrected chi connectivity index (χ1v) is 6.31. The molecule has 0 unspecified atom stereocenters. The van der Waals surface area contributed by atoms with Crippen molar-refractivity contribution in [2.75, 3.05) is 38.3 Å². The molecule has 1 fully saturated rings. The maximum Gasteiger partial charge on any atom is 0.366 e. The van der Waals surface area contributed by atoms with Crippen LogP contribution < -0.4 is 9.64 Å². The summed E-state index contributed by atoms with van der Waals surface area (Å²) in [5.41, 5.74) is 0. The van der Waals surface area contributed by atoms with Crippen molar-refractivity contribution < 1.29 is 14.6 Å². The zero-order chi connectivity index (χ0) is 13.2. The number of fused-ring (bicyclic) bond motifs is 1. The minimum Gasteiger partial charge on any atom is -0.578 e. The monoisotopic (exact) mass is 261 g/mol. The molecule has 2 N–H and O–H groups in total. The van der Waals surface area contributed by atoms with E-state index in [2.05, 4.69) is 9.88 Å². The molecule has 19 heavy (non-hydrogen) atoms. The average Bonchev–Trinajstić information content (AvgIpc) is 2.47. The average molecular weight is 261 g/mol. The van der Waals surface area contributed by atoms with Crippen molar-refractivity contribution in [2.24, 2.45) is 0 Å². The van der Waals surface area contributed by atoms with Gasteiger partial charge in [-0.15, -0.1) is 4.98 Å². The number of methoxy groups -OCH3 is 1. The van der Waals surface area contributed by atoms with E-state index in [1.165, 1.54) is 0 Å². The van der Waals surface area contributed by atoms with Gasteiger partial charge >= 0.3 is 5.88 Å². The molecule has 0 amide bonds. The molecule has 1 aromatic carbocycles. The third kappa shape index (κ3) is 2.29. The summed E-state index contributed by atoms with van der Waals surface area (Å²) in [6.07, 6.45) is 0. The molecule has 0 saturated carbocycles. The lowest BCUT2D eigenvalue weighted by molar-refractivity contribution is 0.122. The molecule has 1 aromatic heterocycles. The predicted octanol–water partition coefficient (Wildman–Crippen LogP) is 1.52. The molecule has 1 aliphatic heterocycles. The molecule has 2 heterocycles. The number of aromatic nitrogens is 1. The second kappa shape index (κ2) is 4.93. The summed E-state index contributed by atoms with van der Waals surface area (Å²) >= 11 is 0. The fourth-order valence-electron chi connectivity index (χ4n) is 2.30. The third-order valence-electron chi connectivity index (χ3n) is 3.36. The lowest BCUT2D eigenvalue weighted by Crippen LogP contribution is -2.36. The Kier molecular flexibility index (Phi) is 3.13. The molecule has 0 radical (unpaired) electrons. The van der Waals surface area contributed by atoms with Crippen molar-refractivity contribution in [1.82, 2.24) is 4.98 Å². The first-order valence-electron chi connectivity index (χ1n) is 6.31. The maximum atomic E-state index is 8.04. The van der Waals surface area contributed by atoms with Crippen LogP contribution in [0.1, 0.15) is 0 Å². The molecule has 0 atom stereocenters. The zero-order valence-electron chi connectivity index (χ0n) is 10.8. The van der Waals surface area contributed by atoms with E-state index in [0.29, 0.717) is 19.1 Å². The van der Waals surface area contributed by atoms with E-state index in [4.69, 9.17) is 14.6 Å². The molecule has 2 aromatic rings. The number of rotatable bonds is 2. The lowest BCUT2D eigenvalue weighted by atomic mass is 10.1. The summed E-state index contributed by atoms with van der Waals surface area (Å²) in [4.78, 5) is 6.53. The van der Waals surface area contributed by atoms with Crippen molar-refractivity contribution in [2.45, 2.75) is 0 Å². The van der Waals surface area contributed by atoms with Crippen LogP contribution in [-0.4, -0.2) is 43.5 Å². The first-order chi connectivity index (χ1) is 9.28. The molecule has 0 bridgehead atoms. The highest BCUT2D eigenvalue weighted by Gasteiger charge is 2.16. The Morgan fingerprint density at radius 3 is 2.79 bits per heavy atom. The van der Waals surface area contributed by atoms with E-state index < -0.39 is 0 Å². The minimum absolute atomic E-state index is 0.307. The van der Waals surface area contributed by atoms with Crippen molar-refractivity contribution in [3.8, 4) is 11.6 Å². The first kappa shape index (κ1) is 12.0. The number of ether oxygens (including phenoxy) is 2. The second-order valence-electron chi connectivity index (χ2n) is 4.52. The summed E-state index contributed by atoms with van der Waals surface area (Å²) < 4.78 is 10.6. The van der Waals surface area contributed by atoms with Gasteiger partial charge in [0.2, 0.25) is 0 Å². The van der Waals surface area contributed by atoms with Gasteiger partial charge in [-0.2, -0.15) is 0 Å². The Bertz CT molecular complexity index is 595. The van der Waals surface area contributed by atoms with Crippen molar-refractivity contribution in [3.05, 3.63) is 24.3 Å². The summed E-state index contributed by atoms with van der Waals surface area (Å²) in [5.74, 6) is 1.95. The Hall–Kier alpha value is -2.01. The quantitative estimate of drug-likeness (QED) is 0.769. The van der Waals surface area contributed by atoms with Gasteiger partial charge in [0.1, 0.15) is 17.0 Å². The molecular formula is C14H17N2O3+. The fraction of sp³-hybridized carbons (Fsp3) is 0.357. The number of hydrogen-bond donors (Lipinski definition) is 0. The molecule has 3 rings (SSSR count). The largest absolute Gasteiger partial charge is 0.578 e. The molecular weight excluding hydrogens is 244 g/mol. The van der Waals surface area contributed by atoms with Crippen molar-refractivity contribution >= 4 is 16.6 Å². The van der Waals surface area contributed by atoms with Crippen LogP contribution in [0, 0.1) is 0 Å². The molecule has 5 nitrogen and oxygen atoms in total. The van der Waals surface area contributed by atoms with Crippen LogP contribution in [0.25, 0.3) is 10.8 Å². The summed E-state index contributed by atoms with van der Waals surface area (Å²) in [5, 5.41) is 9.87. The summed E-state index contributed by atoms with van der Waals surface area (Å²) in [7, 11) is 1.65. The van der Waals surface area contributed by atoms with Crippen molar-refractivity contribution in [1.29, 1.82) is 0 Å². The van der Waals surface area contributed by atoms with Crippen LogP contribution in [0.4, 0.5) is 5.82 Å². The predicted molar refractivity (Wildman–Crippen MR) is 74.4 cm³/mol. The third-order valence-corrected chi connectivity index (χ3v) is 3.36. The van der Waals surface area contributed by atoms with E-state index in [9.17, 15) is 0 Å². The van der Waals surface area contributed by atoms with Crippen LogP contribution in [-0.2, 0) is 4.74 Å². The molecule has 0 aliphatic carbocycles. The second-order valence-corrected chi connectivity index (χ2v) is 4.52. The van der Waals surface area contributed by atoms with Gasteiger partial charge in [-0.05, 0) is 24.3 Å². The van der Waals surface area contributed by atoms with E-state index in [0.717, 1.165) is 35.4 Å². The van der Waals surface area contributed by atoms with E-state index in [-0.39, 0.29) is 0 Å². The van der Waals surface area contributed by atoms with Gasteiger partial charge in [-0.1, -0.05) is 0 Å². The van der Waals surface area contributed by atoms with Crippen LogP contribution >= 0.6 is 0 Å². The van der Waals surface area contributed by atoms with E-state index in [1.807, 2.05) is 24.3 Å². The van der Waals surface area contributed by atoms with Crippen LogP contribution in [0.3, 0.4) is 0 Å².